The number of rotatable bonds is 4. The average molecular weight is 357 g/mol. The Labute approximate surface area is 153 Å². The summed E-state index contributed by atoms with van der Waals surface area (Å²) < 4.78 is 19.0. The third-order valence-electron chi connectivity index (χ3n) is 4.44. The number of piperazine rings is 1. The van der Waals surface area contributed by atoms with Crippen molar-refractivity contribution in [2.75, 3.05) is 45.2 Å². The molecule has 1 aromatic heterocycles. The topological polar surface area (TPSA) is 53.0 Å². The first-order valence-corrected chi connectivity index (χ1v) is 8.65. The summed E-state index contributed by atoms with van der Waals surface area (Å²) in [5, 5.41) is 3.36. The van der Waals surface area contributed by atoms with Crippen LogP contribution in [-0.2, 0) is 6.54 Å². The van der Waals surface area contributed by atoms with Crippen molar-refractivity contribution < 1.29 is 9.13 Å². The van der Waals surface area contributed by atoms with Gasteiger partial charge in [-0.25, -0.2) is 9.37 Å². The Kier molecular flexibility index (Phi) is 5.88. The molecule has 1 aromatic carbocycles. The van der Waals surface area contributed by atoms with E-state index in [9.17, 15) is 4.39 Å². The number of ether oxygens (including phenoxy) is 1. The number of para-hydroxylation sites is 1. The minimum Gasteiger partial charge on any atom is -0.481 e. The number of benzene rings is 1. The van der Waals surface area contributed by atoms with Crippen LogP contribution in [-0.4, -0.2) is 56.2 Å². The number of anilines is 1. The fraction of sp³-hybridized carbons (Fsp3) is 0.368. The second-order valence-corrected chi connectivity index (χ2v) is 6.04. The van der Waals surface area contributed by atoms with E-state index in [1.165, 1.54) is 6.07 Å². The zero-order chi connectivity index (χ0) is 18.4. The number of halogens is 1. The molecule has 0 aliphatic carbocycles. The van der Waals surface area contributed by atoms with Crippen LogP contribution in [0, 0.1) is 5.82 Å². The largest absolute Gasteiger partial charge is 0.481 e. The predicted molar refractivity (Wildman–Crippen MR) is 101 cm³/mol. The number of pyridine rings is 1. The average Bonchev–Trinajstić information content (AvgIpc) is 2.70. The van der Waals surface area contributed by atoms with Crippen molar-refractivity contribution in [2.45, 2.75) is 6.54 Å². The van der Waals surface area contributed by atoms with Crippen molar-refractivity contribution in [3.8, 4) is 5.88 Å². The van der Waals surface area contributed by atoms with E-state index in [2.05, 4.69) is 25.1 Å². The lowest BCUT2D eigenvalue weighted by atomic mass is 10.2. The summed E-state index contributed by atoms with van der Waals surface area (Å²) in [6.45, 7) is 3.72. The van der Waals surface area contributed by atoms with Crippen LogP contribution in [0.1, 0.15) is 5.56 Å². The Morgan fingerprint density at radius 1 is 1.19 bits per heavy atom. The summed E-state index contributed by atoms with van der Waals surface area (Å²) in [7, 11) is 3.38. The van der Waals surface area contributed by atoms with Crippen molar-refractivity contribution in [3.05, 3.63) is 54.0 Å². The van der Waals surface area contributed by atoms with Crippen LogP contribution in [0.25, 0.3) is 0 Å². The van der Waals surface area contributed by atoms with Crippen molar-refractivity contribution in [2.24, 2.45) is 4.99 Å². The Balaban J connectivity index is 1.54. The zero-order valence-electron chi connectivity index (χ0n) is 15.2. The predicted octanol–water partition coefficient (Wildman–Crippen LogP) is 2.13. The van der Waals surface area contributed by atoms with Crippen LogP contribution in [0.3, 0.4) is 0 Å². The zero-order valence-corrected chi connectivity index (χ0v) is 15.2. The number of hydrogen-bond acceptors (Lipinski definition) is 4. The summed E-state index contributed by atoms with van der Waals surface area (Å²) in [4.78, 5) is 12.8. The van der Waals surface area contributed by atoms with Crippen LogP contribution in [0.4, 0.5) is 10.1 Å². The molecule has 2 heterocycles. The minimum atomic E-state index is -0.171. The van der Waals surface area contributed by atoms with Crippen molar-refractivity contribution in [3.63, 3.8) is 0 Å². The minimum absolute atomic E-state index is 0.171. The number of nitrogens with zero attached hydrogens (tertiary/aromatic N) is 4. The lowest BCUT2D eigenvalue weighted by Gasteiger charge is -2.37. The Bertz CT molecular complexity index is 742. The molecular weight excluding hydrogens is 333 g/mol. The maximum atomic E-state index is 14.0. The number of guanidine groups is 1. The molecule has 0 spiro atoms. The van der Waals surface area contributed by atoms with Crippen LogP contribution in [0.5, 0.6) is 5.88 Å². The van der Waals surface area contributed by atoms with Crippen LogP contribution in [0.15, 0.2) is 47.6 Å². The van der Waals surface area contributed by atoms with E-state index in [4.69, 9.17) is 4.74 Å². The molecule has 6 nitrogen and oxygen atoms in total. The third kappa shape index (κ3) is 4.22. The monoisotopic (exact) mass is 357 g/mol. The summed E-state index contributed by atoms with van der Waals surface area (Å²) in [6.07, 6.45) is 1.79. The van der Waals surface area contributed by atoms with Gasteiger partial charge in [0.2, 0.25) is 5.88 Å². The first-order chi connectivity index (χ1) is 12.7. The highest BCUT2D eigenvalue weighted by Crippen LogP contribution is 2.20. The van der Waals surface area contributed by atoms with Gasteiger partial charge >= 0.3 is 0 Å². The molecule has 0 saturated carbocycles. The molecule has 1 aliphatic rings. The number of aliphatic imine (C=N–C) groups is 1. The normalized spacial score (nSPS) is 15.1. The second kappa shape index (κ2) is 8.51. The first-order valence-electron chi connectivity index (χ1n) is 8.65. The van der Waals surface area contributed by atoms with Gasteiger partial charge in [-0.1, -0.05) is 18.2 Å². The lowest BCUT2D eigenvalue weighted by molar-refractivity contribution is 0.370. The van der Waals surface area contributed by atoms with Crippen LogP contribution in [0.2, 0.25) is 0 Å². The smallest absolute Gasteiger partial charge is 0.212 e. The highest BCUT2D eigenvalue weighted by molar-refractivity contribution is 5.80. The Morgan fingerprint density at radius 3 is 2.58 bits per heavy atom. The van der Waals surface area contributed by atoms with Crippen LogP contribution >= 0.6 is 0 Å². The lowest BCUT2D eigenvalue weighted by Crippen LogP contribution is -2.52. The van der Waals surface area contributed by atoms with Gasteiger partial charge in [-0.2, -0.15) is 0 Å². The van der Waals surface area contributed by atoms with Gasteiger partial charge in [-0.3, -0.25) is 4.99 Å². The maximum Gasteiger partial charge on any atom is 0.212 e. The van der Waals surface area contributed by atoms with Gasteiger partial charge in [0.05, 0.1) is 12.8 Å². The summed E-state index contributed by atoms with van der Waals surface area (Å²) in [5.41, 5.74) is 1.72. The second-order valence-electron chi connectivity index (χ2n) is 6.04. The maximum absolute atomic E-state index is 14.0. The fourth-order valence-electron chi connectivity index (χ4n) is 3.02. The van der Waals surface area contributed by atoms with E-state index in [1.54, 1.807) is 26.4 Å². The number of methoxy groups -OCH3 is 1. The molecule has 0 radical (unpaired) electrons. The van der Waals surface area contributed by atoms with E-state index in [1.807, 2.05) is 24.3 Å². The van der Waals surface area contributed by atoms with Gasteiger partial charge in [0.25, 0.3) is 0 Å². The fourth-order valence-corrected chi connectivity index (χ4v) is 3.02. The van der Waals surface area contributed by atoms with E-state index >= 15 is 0 Å². The molecule has 1 aliphatic heterocycles. The Hall–Kier alpha value is -2.83. The van der Waals surface area contributed by atoms with Gasteiger partial charge in [0, 0.05) is 52.0 Å². The summed E-state index contributed by atoms with van der Waals surface area (Å²) in [5.74, 6) is 1.27. The molecule has 3 rings (SSSR count). The first kappa shape index (κ1) is 18.0. The van der Waals surface area contributed by atoms with E-state index in [-0.39, 0.29) is 5.82 Å². The molecule has 2 aromatic rings. The third-order valence-corrected chi connectivity index (χ3v) is 4.44. The van der Waals surface area contributed by atoms with Gasteiger partial charge < -0.3 is 19.9 Å². The molecule has 7 heteroatoms. The quantitative estimate of drug-likeness (QED) is 0.671. The molecule has 138 valence electrons. The van der Waals surface area contributed by atoms with Gasteiger partial charge in [0.15, 0.2) is 5.96 Å². The molecule has 0 bridgehead atoms. The molecule has 1 fully saturated rings. The molecule has 0 unspecified atom stereocenters. The van der Waals surface area contributed by atoms with E-state index in [0.717, 1.165) is 37.7 Å². The highest BCUT2D eigenvalue weighted by Gasteiger charge is 2.21. The van der Waals surface area contributed by atoms with E-state index < -0.39 is 0 Å². The van der Waals surface area contributed by atoms with Gasteiger partial charge in [-0.15, -0.1) is 0 Å². The number of nitrogens with one attached hydrogen (secondary N) is 1. The van der Waals surface area contributed by atoms with Gasteiger partial charge in [-0.05, 0) is 17.7 Å². The van der Waals surface area contributed by atoms with Gasteiger partial charge in [0.1, 0.15) is 5.82 Å². The molecule has 26 heavy (non-hydrogen) atoms. The standard InChI is InChI=1S/C19H24FN5O/c1-21-19(23-14-15-7-8-18(26-2)22-13-15)25-11-9-24(10-12-25)17-6-4-3-5-16(17)20/h3-8,13H,9-12,14H2,1-2H3,(H,21,23). The van der Waals surface area contributed by atoms with E-state index in [0.29, 0.717) is 18.1 Å². The van der Waals surface area contributed by atoms with Crippen molar-refractivity contribution in [1.82, 2.24) is 15.2 Å². The molecule has 1 saturated heterocycles. The highest BCUT2D eigenvalue weighted by atomic mass is 19.1. The van der Waals surface area contributed by atoms with Crippen molar-refractivity contribution in [1.29, 1.82) is 0 Å². The molecule has 1 N–H and O–H groups in total. The number of aromatic nitrogens is 1. The number of hydrogen-bond donors (Lipinski definition) is 1. The SMILES string of the molecule is CN=C(NCc1ccc(OC)nc1)N1CCN(c2ccccc2F)CC1. The molecule has 0 amide bonds. The molecule has 0 atom stereocenters. The molecular formula is C19H24FN5O. The van der Waals surface area contributed by atoms with Crippen molar-refractivity contribution >= 4 is 11.6 Å². The Morgan fingerprint density at radius 2 is 1.96 bits per heavy atom. The summed E-state index contributed by atoms with van der Waals surface area (Å²) in [6, 6.07) is 10.7. The van der Waals surface area contributed by atoms with Crippen LogP contribution < -0.4 is 15.0 Å². The summed E-state index contributed by atoms with van der Waals surface area (Å²) >= 11 is 0.